The van der Waals surface area contributed by atoms with Gasteiger partial charge in [0.05, 0.1) is 17.4 Å². The largest absolute Gasteiger partial charge is 0.383 e. The van der Waals surface area contributed by atoms with Gasteiger partial charge in [0, 0.05) is 18.3 Å². The van der Waals surface area contributed by atoms with Crippen molar-refractivity contribution < 1.29 is 4.79 Å². The van der Waals surface area contributed by atoms with Crippen molar-refractivity contribution in [2.45, 2.75) is 52.5 Å². The third-order valence-corrected chi connectivity index (χ3v) is 2.96. The summed E-state index contributed by atoms with van der Waals surface area (Å²) in [7, 11) is 0. The zero-order valence-electron chi connectivity index (χ0n) is 12.4. The number of nitrogens with zero attached hydrogens (tertiary/aromatic N) is 1. The van der Waals surface area contributed by atoms with Gasteiger partial charge in [-0.05, 0) is 32.8 Å². The van der Waals surface area contributed by atoms with Gasteiger partial charge in [0.25, 0.3) is 5.91 Å². The molecule has 0 radical (unpaired) electrons. The van der Waals surface area contributed by atoms with Gasteiger partial charge in [0.1, 0.15) is 0 Å². The highest BCUT2D eigenvalue weighted by atomic mass is 16.1. The van der Waals surface area contributed by atoms with Gasteiger partial charge < -0.3 is 10.6 Å². The van der Waals surface area contributed by atoms with Crippen LogP contribution in [0, 0.1) is 0 Å². The van der Waals surface area contributed by atoms with E-state index in [2.05, 4.69) is 43.3 Å². The molecule has 0 saturated carbocycles. The topological polar surface area (TPSA) is 54.0 Å². The summed E-state index contributed by atoms with van der Waals surface area (Å²) in [5.74, 6) is -0.0422. The van der Waals surface area contributed by atoms with Crippen LogP contribution >= 0.6 is 0 Å². The molecule has 106 valence electrons. The molecule has 0 aromatic carbocycles. The van der Waals surface area contributed by atoms with Gasteiger partial charge in [-0.3, -0.25) is 9.78 Å². The Labute approximate surface area is 116 Å². The van der Waals surface area contributed by atoms with Crippen molar-refractivity contribution in [3.8, 4) is 0 Å². The smallest absolute Gasteiger partial charge is 0.253 e. The number of pyridine rings is 1. The van der Waals surface area contributed by atoms with Gasteiger partial charge in [-0.1, -0.05) is 20.3 Å². The zero-order chi connectivity index (χ0) is 14.3. The first kappa shape index (κ1) is 15.5. The van der Waals surface area contributed by atoms with Crippen LogP contribution in [0.15, 0.2) is 18.5 Å². The van der Waals surface area contributed by atoms with Crippen LogP contribution in [0.4, 0.5) is 5.69 Å². The van der Waals surface area contributed by atoms with Crippen LogP contribution in [-0.4, -0.2) is 23.0 Å². The summed E-state index contributed by atoms with van der Waals surface area (Å²) in [4.78, 5) is 16.4. The third-order valence-electron chi connectivity index (χ3n) is 2.96. The fraction of sp³-hybridized carbons (Fsp3) is 0.600. The quantitative estimate of drug-likeness (QED) is 0.794. The molecule has 1 rings (SSSR count). The Morgan fingerprint density at radius 1 is 1.32 bits per heavy atom. The summed E-state index contributed by atoms with van der Waals surface area (Å²) >= 11 is 0. The molecule has 0 aliphatic carbocycles. The number of carbonyl (C=O) groups excluding carboxylic acids is 1. The van der Waals surface area contributed by atoms with Crippen molar-refractivity contribution in [2.75, 3.05) is 11.9 Å². The van der Waals surface area contributed by atoms with Crippen LogP contribution in [0.3, 0.4) is 0 Å². The molecule has 0 saturated heterocycles. The maximum absolute atomic E-state index is 12.3. The Balaban J connectivity index is 2.81. The molecular weight excluding hydrogens is 238 g/mol. The Bertz CT molecular complexity index is 416. The first-order valence-electron chi connectivity index (χ1n) is 7.00. The minimum absolute atomic E-state index is 0.0422. The van der Waals surface area contributed by atoms with E-state index in [4.69, 9.17) is 0 Å². The fourth-order valence-electron chi connectivity index (χ4n) is 2.06. The second kappa shape index (κ2) is 7.12. The number of hydrogen-bond donors (Lipinski definition) is 2. The molecule has 1 aromatic heterocycles. The maximum atomic E-state index is 12.3. The fourth-order valence-corrected chi connectivity index (χ4v) is 2.06. The molecule has 4 nitrogen and oxygen atoms in total. The monoisotopic (exact) mass is 263 g/mol. The highest BCUT2D eigenvalue weighted by Crippen LogP contribution is 2.17. The van der Waals surface area contributed by atoms with Gasteiger partial charge in [0.15, 0.2) is 0 Å². The minimum Gasteiger partial charge on any atom is -0.383 e. The molecule has 0 unspecified atom stereocenters. The van der Waals surface area contributed by atoms with Crippen molar-refractivity contribution in [3.05, 3.63) is 24.0 Å². The Morgan fingerprint density at radius 3 is 2.68 bits per heavy atom. The SMILES string of the molecule is CCCNc1cnccc1C(=O)NC(C)(C)CCC. The lowest BCUT2D eigenvalue weighted by atomic mass is 9.98. The van der Waals surface area contributed by atoms with Crippen LogP contribution in [0.5, 0.6) is 0 Å². The van der Waals surface area contributed by atoms with Crippen LogP contribution in [0.2, 0.25) is 0 Å². The Kier molecular flexibility index (Phi) is 5.80. The van der Waals surface area contributed by atoms with Crippen LogP contribution in [-0.2, 0) is 0 Å². The zero-order valence-corrected chi connectivity index (χ0v) is 12.4. The average molecular weight is 263 g/mol. The van der Waals surface area contributed by atoms with Crippen LogP contribution in [0.1, 0.15) is 57.3 Å². The van der Waals surface area contributed by atoms with Gasteiger partial charge in [-0.15, -0.1) is 0 Å². The highest BCUT2D eigenvalue weighted by Gasteiger charge is 2.21. The molecule has 19 heavy (non-hydrogen) atoms. The molecule has 1 heterocycles. The van der Waals surface area contributed by atoms with Crippen LogP contribution in [0.25, 0.3) is 0 Å². The summed E-state index contributed by atoms with van der Waals surface area (Å²) in [6, 6.07) is 1.76. The lowest BCUT2D eigenvalue weighted by Crippen LogP contribution is -2.43. The number of anilines is 1. The number of hydrogen-bond acceptors (Lipinski definition) is 3. The van der Waals surface area contributed by atoms with Crippen molar-refractivity contribution >= 4 is 11.6 Å². The summed E-state index contributed by atoms with van der Waals surface area (Å²) in [6.07, 6.45) is 6.37. The van der Waals surface area contributed by atoms with E-state index in [0.717, 1.165) is 31.5 Å². The second-order valence-corrected chi connectivity index (χ2v) is 5.44. The van der Waals surface area contributed by atoms with E-state index in [1.807, 2.05) is 0 Å². The van der Waals surface area contributed by atoms with E-state index in [1.165, 1.54) is 0 Å². The van der Waals surface area contributed by atoms with E-state index in [0.29, 0.717) is 5.56 Å². The number of rotatable bonds is 7. The van der Waals surface area contributed by atoms with E-state index in [1.54, 1.807) is 18.5 Å². The predicted octanol–water partition coefficient (Wildman–Crippen LogP) is 3.21. The van der Waals surface area contributed by atoms with E-state index in [9.17, 15) is 4.79 Å². The first-order valence-corrected chi connectivity index (χ1v) is 7.00. The van der Waals surface area contributed by atoms with Gasteiger partial charge in [0.2, 0.25) is 0 Å². The molecule has 0 atom stereocenters. The lowest BCUT2D eigenvalue weighted by Gasteiger charge is -2.26. The highest BCUT2D eigenvalue weighted by molar-refractivity contribution is 5.99. The molecule has 0 aliphatic heterocycles. The summed E-state index contributed by atoms with van der Waals surface area (Å²) < 4.78 is 0. The summed E-state index contributed by atoms with van der Waals surface area (Å²) in [6.45, 7) is 9.15. The summed E-state index contributed by atoms with van der Waals surface area (Å²) in [5, 5.41) is 6.32. The summed E-state index contributed by atoms with van der Waals surface area (Å²) in [5.41, 5.74) is 1.28. The van der Waals surface area contributed by atoms with Crippen molar-refractivity contribution in [3.63, 3.8) is 0 Å². The molecule has 4 heteroatoms. The van der Waals surface area contributed by atoms with Gasteiger partial charge in [-0.25, -0.2) is 0 Å². The van der Waals surface area contributed by atoms with Gasteiger partial charge in [-0.2, -0.15) is 0 Å². The second-order valence-electron chi connectivity index (χ2n) is 5.44. The Morgan fingerprint density at radius 2 is 2.05 bits per heavy atom. The molecular formula is C15H25N3O. The van der Waals surface area contributed by atoms with E-state index >= 15 is 0 Å². The van der Waals surface area contributed by atoms with E-state index in [-0.39, 0.29) is 11.4 Å². The Hall–Kier alpha value is -1.58. The standard InChI is InChI=1S/C15H25N3O/c1-5-8-15(3,4)18-14(19)12-7-10-16-11-13(12)17-9-6-2/h7,10-11,17H,5-6,8-9H2,1-4H3,(H,18,19). The molecule has 0 aliphatic rings. The molecule has 0 bridgehead atoms. The number of nitrogens with one attached hydrogen (secondary N) is 2. The number of aromatic nitrogens is 1. The van der Waals surface area contributed by atoms with Crippen molar-refractivity contribution in [2.24, 2.45) is 0 Å². The normalized spacial score (nSPS) is 11.2. The van der Waals surface area contributed by atoms with Crippen molar-refractivity contribution in [1.29, 1.82) is 0 Å². The van der Waals surface area contributed by atoms with Crippen molar-refractivity contribution in [1.82, 2.24) is 10.3 Å². The molecule has 0 fully saturated rings. The molecule has 1 aromatic rings. The maximum Gasteiger partial charge on any atom is 0.253 e. The molecule has 1 amide bonds. The molecule has 2 N–H and O–H groups in total. The van der Waals surface area contributed by atoms with Gasteiger partial charge >= 0.3 is 0 Å². The minimum atomic E-state index is -0.183. The lowest BCUT2D eigenvalue weighted by molar-refractivity contribution is 0.0909. The third kappa shape index (κ3) is 4.89. The predicted molar refractivity (Wildman–Crippen MR) is 79.5 cm³/mol. The first-order chi connectivity index (χ1) is 9.00. The average Bonchev–Trinajstić information content (AvgIpc) is 2.36. The van der Waals surface area contributed by atoms with Crippen LogP contribution < -0.4 is 10.6 Å². The number of carbonyl (C=O) groups is 1. The van der Waals surface area contributed by atoms with E-state index < -0.39 is 0 Å². The molecule has 0 spiro atoms. The number of amides is 1.